The Morgan fingerprint density at radius 2 is 1.81 bits per heavy atom. The monoisotopic (exact) mass is 598 g/mol. The summed E-state index contributed by atoms with van der Waals surface area (Å²) in [7, 11) is -4.32. The van der Waals surface area contributed by atoms with E-state index < -0.39 is 10.0 Å². The fourth-order valence-corrected chi connectivity index (χ4v) is 5.98. The summed E-state index contributed by atoms with van der Waals surface area (Å²) in [6, 6.07) is 15.0. The van der Waals surface area contributed by atoms with Crippen molar-refractivity contribution in [2.45, 2.75) is 15.5 Å². The van der Waals surface area contributed by atoms with Crippen LogP contribution in [0.15, 0.2) is 68.9 Å². The third kappa shape index (κ3) is 6.27. The third-order valence-corrected chi connectivity index (χ3v) is 8.10. The Morgan fingerprint density at radius 1 is 1.05 bits per heavy atom. The fourth-order valence-electron chi connectivity index (χ4n) is 3.36. The molecule has 0 spiro atoms. The van der Waals surface area contributed by atoms with E-state index in [-0.39, 0.29) is 85.4 Å². The SMILES string of the molecule is N#C[N-]S(=O)(=O)c1cc(-c2nc(-c3ccc(Cl)cc3)no2)c(Cl)cc1SCc1ccc2c(c1)OCO2.[K+]. The number of fused-ring (bicyclic) bond motifs is 1. The molecule has 14 heteroatoms. The van der Waals surface area contributed by atoms with Crippen molar-refractivity contribution in [2.24, 2.45) is 0 Å². The van der Waals surface area contributed by atoms with Gasteiger partial charge in [-0.3, -0.25) is 0 Å². The molecule has 1 aliphatic heterocycles. The van der Waals surface area contributed by atoms with Gasteiger partial charge in [-0.05, 0) is 54.1 Å². The summed E-state index contributed by atoms with van der Waals surface area (Å²) in [5.74, 6) is 1.92. The summed E-state index contributed by atoms with van der Waals surface area (Å²) in [5, 5.41) is 13.6. The van der Waals surface area contributed by atoms with Gasteiger partial charge in [-0.25, -0.2) is 8.42 Å². The third-order valence-electron chi connectivity index (χ3n) is 5.06. The second-order valence-corrected chi connectivity index (χ2v) is 10.8. The first-order valence-corrected chi connectivity index (χ1v) is 13.3. The molecule has 0 radical (unpaired) electrons. The van der Waals surface area contributed by atoms with Crippen LogP contribution in [-0.4, -0.2) is 25.4 Å². The average Bonchev–Trinajstić information content (AvgIpc) is 3.52. The van der Waals surface area contributed by atoms with Gasteiger partial charge < -0.3 is 24.0 Å². The minimum Gasteiger partial charge on any atom is -0.493 e. The Kier molecular flexibility index (Phi) is 9.11. The van der Waals surface area contributed by atoms with Crippen LogP contribution in [0.25, 0.3) is 27.6 Å². The van der Waals surface area contributed by atoms with Crippen LogP contribution in [0.5, 0.6) is 11.5 Å². The molecule has 1 aliphatic rings. The number of rotatable bonds is 7. The van der Waals surface area contributed by atoms with Crippen LogP contribution >= 0.6 is 35.0 Å². The number of benzene rings is 3. The number of ether oxygens (including phenoxy) is 2. The molecule has 0 saturated carbocycles. The molecule has 0 amide bonds. The first-order valence-electron chi connectivity index (χ1n) is 10.1. The summed E-state index contributed by atoms with van der Waals surface area (Å²) in [4.78, 5) is 4.43. The van der Waals surface area contributed by atoms with Crippen LogP contribution in [0.3, 0.4) is 0 Å². The van der Waals surface area contributed by atoms with Crippen LogP contribution < -0.4 is 60.9 Å². The Labute approximate surface area is 268 Å². The van der Waals surface area contributed by atoms with Crippen molar-refractivity contribution in [3.63, 3.8) is 0 Å². The maximum absolute atomic E-state index is 12.8. The molecule has 3 aromatic carbocycles. The first kappa shape index (κ1) is 28.2. The minimum absolute atomic E-state index is 0. The average molecular weight is 600 g/mol. The number of hydrogen-bond donors (Lipinski definition) is 0. The van der Waals surface area contributed by atoms with Crippen molar-refractivity contribution in [2.75, 3.05) is 6.79 Å². The number of thioether (sulfide) groups is 1. The van der Waals surface area contributed by atoms with E-state index in [1.165, 1.54) is 30.1 Å². The van der Waals surface area contributed by atoms with Crippen molar-refractivity contribution in [1.29, 1.82) is 5.26 Å². The van der Waals surface area contributed by atoms with E-state index in [1.54, 1.807) is 30.3 Å². The first-order chi connectivity index (χ1) is 17.3. The Hall–Kier alpha value is -1.79. The second kappa shape index (κ2) is 11.9. The molecule has 2 heterocycles. The van der Waals surface area contributed by atoms with Crippen molar-refractivity contribution in [3.8, 4) is 40.5 Å². The second-order valence-electron chi connectivity index (χ2n) is 7.35. The molecule has 9 nitrogen and oxygen atoms in total. The van der Waals surface area contributed by atoms with E-state index >= 15 is 0 Å². The van der Waals surface area contributed by atoms with E-state index in [0.29, 0.717) is 32.7 Å². The predicted molar refractivity (Wildman–Crippen MR) is 133 cm³/mol. The van der Waals surface area contributed by atoms with Gasteiger partial charge in [0, 0.05) is 21.2 Å². The van der Waals surface area contributed by atoms with E-state index in [9.17, 15) is 8.42 Å². The van der Waals surface area contributed by atoms with Crippen LogP contribution in [0.4, 0.5) is 0 Å². The van der Waals surface area contributed by atoms with Crippen molar-refractivity contribution in [1.82, 2.24) is 10.1 Å². The molecule has 0 saturated heterocycles. The Balaban J connectivity index is 0.00000320. The standard InChI is InChI=1S/C23H13Cl2N4O5S2.K/c24-15-4-2-14(3-5-15)22-28-23(34-29-22)16-8-21(36(30,31)27-11-26)20(9-17(16)25)35-10-13-1-6-18-19(7-13)33-12-32-18;/h1-9H,10,12H2;/q-1;+1. The van der Waals surface area contributed by atoms with Gasteiger partial charge in [0.2, 0.25) is 22.6 Å². The molecule has 4 aromatic rings. The summed E-state index contributed by atoms with van der Waals surface area (Å²) in [5.41, 5.74) is 1.70. The summed E-state index contributed by atoms with van der Waals surface area (Å²) in [6.45, 7) is 0.149. The topological polar surface area (TPSA) is 129 Å². The molecule has 182 valence electrons. The minimum atomic E-state index is -4.32. The molecular formula is C23H13Cl2KN4O5S2. The van der Waals surface area contributed by atoms with Crippen molar-refractivity contribution < 1.29 is 73.8 Å². The molecule has 1 aromatic heterocycles. The summed E-state index contributed by atoms with van der Waals surface area (Å²) in [6.07, 6.45) is 1.34. The fraction of sp³-hybridized carbons (Fsp3) is 0.0870. The predicted octanol–water partition coefficient (Wildman–Crippen LogP) is 3.28. The number of nitrogens with zero attached hydrogens (tertiary/aromatic N) is 4. The van der Waals surface area contributed by atoms with Crippen LogP contribution in [0.2, 0.25) is 10.0 Å². The molecular weight excluding hydrogens is 586 g/mol. The van der Waals surface area contributed by atoms with E-state index in [1.807, 2.05) is 12.1 Å². The zero-order chi connectivity index (χ0) is 25.3. The van der Waals surface area contributed by atoms with Gasteiger partial charge in [0.1, 0.15) is 0 Å². The number of aromatic nitrogens is 2. The maximum atomic E-state index is 12.8. The molecule has 0 atom stereocenters. The molecule has 0 N–H and O–H groups in total. The molecule has 0 bridgehead atoms. The number of hydrogen-bond acceptors (Lipinski definition) is 9. The Morgan fingerprint density at radius 3 is 2.57 bits per heavy atom. The number of sulfonamides is 1. The Bertz CT molecular complexity index is 1610. The number of nitriles is 1. The van der Waals surface area contributed by atoms with Gasteiger partial charge in [0.25, 0.3) is 5.89 Å². The van der Waals surface area contributed by atoms with Gasteiger partial charge in [-0.2, -0.15) is 4.98 Å². The van der Waals surface area contributed by atoms with Gasteiger partial charge >= 0.3 is 51.4 Å². The van der Waals surface area contributed by atoms with Gasteiger partial charge in [-0.15, -0.1) is 11.8 Å². The van der Waals surface area contributed by atoms with Crippen LogP contribution in [-0.2, 0) is 15.8 Å². The van der Waals surface area contributed by atoms with E-state index in [4.69, 9.17) is 42.5 Å². The van der Waals surface area contributed by atoms with Crippen molar-refractivity contribution in [3.05, 3.63) is 74.9 Å². The zero-order valence-electron chi connectivity index (χ0n) is 19.0. The van der Waals surface area contributed by atoms with Gasteiger partial charge in [0.15, 0.2) is 11.5 Å². The smallest absolute Gasteiger partial charge is 0.493 e. The molecule has 0 aliphatic carbocycles. The van der Waals surface area contributed by atoms with Crippen LogP contribution in [0.1, 0.15) is 5.56 Å². The van der Waals surface area contributed by atoms with E-state index in [2.05, 4.69) is 14.9 Å². The zero-order valence-corrected chi connectivity index (χ0v) is 25.3. The van der Waals surface area contributed by atoms with Crippen molar-refractivity contribution >= 4 is 45.0 Å². The number of halogens is 2. The largest absolute Gasteiger partial charge is 1.00 e. The van der Waals surface area contributed by atoms with E-state index in [0.717, 1.165) is 5.56 Å². The normalized spacial score (nSPS) is 12.0. The quantitative estimate of drug-likeness (QED) is 0.179. The molecule has 5 rings (SSSR count). The van der Waals surface area contributed by atoms with Crippen LogP contribution in [0, 0.1) is 11.5 Å². The van der Waals surface area contributed by atoms with Gasteiger partial charge in [-0.1, -0.05) is 40.6 Å². The van der Waals surface area contributed by atoms with Gasteiger partial charge in [0.05, 0.1) is 15.5 Å². The summed E-state index contributed by atoms with van der Waals surface area (Å²) >= 11 is 13.7. The molecule has 37 heavy (non-hydrogen) atoms. The maximum Gasteiger partial charge on any atom is 1.00 e. The molecule has 0 unspecified atom stereocenters. The molecule has 0 fully saturated rings. The summed E-state index contributed by atoms with van der Waals surface area (Å²) < 4.78 is 44.8.